The Morgan fingerprint density at radius 2 is 2.23 bits per heavy atom. The molecule has 7 heteroatoms. The molecular weight excluding hydrogens is 174 g/mol. The average Bonchev–Trinajstić information content (AvgIpc) is 1.98. The Bertz CT molecular complexity index is 237. The molecule has 0 aromatic heterocycles. The van der Waals surface area contributed by atoms with E-state index in [2.05, 4.69) is 10.3 Å². The lowest BCUT2D eigenvalue weighted by Gasteiger charge is -2.06. The largest absolute Gasteiger partial charge is 0.480 e. The van der Waals surface area contributed by atoms with Gasteiger partial charge in [-0.15, -0.1) is 0 Å². The summed E-state index contributed by atoms with van der Waals surface area (Å²) in [5.41, 5.74) is 10.2. The van der Waals surface area contributed by atoms with Crippen LogP contribution in [0.25, 0.3) is 0 Å². The number of hydrogen-bond acceptors (Lipinski definition) is 3. The number of carbonyl (C=O) groups is 1. The van der Waals surface area contributed by atoms with Gasteiger partial charge in [0.15, 0.2) is 18.0 Å². The van der Waals surface area contributed by atoms with Crippen molar-refractivity contribution in [1.29, 1.82) is 5.41 Å². The van der Waals surface area contributed by atoms with Crippen molar-refractivity contribution in [3.8, 4) is 0 Å². The zero-order valence-electron chi connectivity index (χ0n) is 7.24. The molecule has 0 fully saturated rings. The number of aliphatic imine (C=N–C) groups is 1. The van der Waals surface area contributed by atoms with E-state index >= 15 is 0 Å². The highest BCUT2D eigenvalue weighted by Crippen LogP contribution is 1.96. The van der Waals surface area contributed by atoms with Gasteiger partial charge >= 0.3 is 5.97 Å². The third-order valence-corrected chi connectivity index (χ3v) is 1.23. The fourth-order valence-electron chi connectivity index (χ4n) is 0.659. The maximum absolute atomic E-state index is 10.5. The van der Waals surface area contributed by atoms with Gasteiger partial charge in [0.2, 0.25) is 0 Å². The van der Waals surface area contributed by atoms with Crippen LogP contribution >= 0.6 is 0 Å². The lowest BCUT2D eigenvalue weighted by atomic mass is 10.2. The Morgan fingerprint density at radius 1 is 1.69 bits per heavy atom. The highest BCUT2D eigenvalue weighted by Gasteiger charge is 2.13. The number of nitrogens with two attached hydrogens (primary N) is 2. The lowest BCUT2D eigenvalue weighted by molar-refractivity contribution is -0.138. The predicted molar refractivity (Wildman–Crippen MR) is 48.4 cm³/mol. The average molecular weight is 187 g/mol. The van der Waals surface area contributed by atoms with E-state index in [0.717, 1.165) is 0 Å². The lowest BCUT2D eigenvalue weighted by Crippen LogP contribution is -2.42. The van der Waals surface area contributed by atoms with Gasteiger partial charge in [-0.3, -0.25) is 10.7 Å². The van der Waals surface area contributed by atoms with Crippen molar-refractivity contribution < 1.29 is 9.90 Å². The van der Waals surface area contributed by atoms with Gasteiger partial charge < -0.3 is 16.6 Å². The van der Waals surface area contributed by atoms with Crippen LogP contribution in [0.5, 0.6) is 0 Å². The maximum atomic E-state index is 10.5. The summed E-state index contributed by atoms with van der Waals surface area (Å²) in [6.45, 7) is 1.67. The summed E-state index contributed by atoms with van der Waals surface area (Å²) in [7, 11) is 0. The molecule has 0 saturated carbocycles. The molecule has 0 aromatic carbocycles. The first-order chi connectivity index (χ1) is 5.97. The van der Waals surface area contributed by atoms with Crippen LogP contribution in [-0.2, 0) is 4.79 Å². The molecule has 1 unspecified atom stereocenters. The monoisotopic (exact) mass is 187 g/mol. The summed E-state index contributed by atoms with van der Waals surface area (Å²) in [6.07, 6.45) is 0.329. The molecule has 0 saturated heterocycles. The molecule has 0 aliphatic carbocycles. The molecule has 0 aromatic rings. The molecule has 0 spiro atoms. The van der Waals surface area contributed by atoms with E-state index in [1.165, 1.54) is 0 Å². The summed E-state index contributed by atoms with van der Waals surface area (Å²) in [4.78, 5) is 14.1. The van der Waals surface area contributed by atoms with E-state index in [9.17, 15) is 4.79 Å². The van der Waals surface area contributed by atoms with Gasteiger partial charge in [0.1, 0.15) is 0 Å². The van der Waals surface area contributed by atoms with E-state index in [1.807, 2.05) is 0 Å². The zero-order valence-corrected chi connectivity index (χ0v) is 7.24. The topological polar surface area (TPSA) is 138 Å². The molecule has 74 valence electrons. The standard InChI is InChI=1S/C6H13N5O2/c1-2-3(4(12)13)10-6(9)11-5(7)8/h3H,2H2,1H3,(H,12,13)(H6,7,8,9,10,11). The molecule has 7 N–H and O–H groups in total. The first kappa shape index (κ1) is 11.2. The number of hydrogen-bond donors (Lipinski definition) is 5. The Morgan fingerprint density at radius 3 is 2.54 bits per heavy atom. The van der Waals surface area contributed by atoms with Crippen LogP contribution in [0.4, 0.5) is 0 Å². The molecule has 0 amide bonds. The third kappa shape index (κ3) is 4.62. The van der Waals surface area contributed by atoms with Gasteiger partial charge in [-0.05, 0) is 6.42 Å². The Kier molecular flexibility index (Phi) is 4.28. The molecule has 0 radical (unpaired) electrons. The smallest absolute Gasteiger partial charge is 0.328 e. The van der Waals surface area contributed by atoms with Crippen molar-refractivity contribution >= 4 is 17.9 Å². The first-order valence-corrected chi connectivity index (χ1v) is 3.64. The van der Waals surface area contributed by atoms with Crippen molar-refractivity contribution in [3.63, 3.8) is 0 Å². The van der Waals surface area contributed by atoms with Crippen LogP contribution in [0.3, 0.4) is 0 Å². The van der Waals surface area contributed by atoms with Gasteiger partial charge in [0, 0.05) is 0 Å². The minimum atomic E-state index is -1.06. The minimum Gasteiger partial charge on any atom is -0.480 e. The summed E-state index contributed by atoms with van der Waals surface area (Å²) in [5.74, 6) is -1.60. The highest BCUT2D eigenvalue weighted by molar-refractivity contribution is 5.96. The SMILES string of the molecule is CCC(N=C(N)NC(=N)N)C(=O)O. The Labute approximate surface area is 75.3 Å². The molecule has 0 rings (SSSR count). The second-order valence-electron chi connectivity index (χ2n) is 2.32. The second-order valence-corrected chi connectivity index (χ2v) is 2.32. The van der Waals surface area contributed by atoms with Crippen molar-refractivity contribution in [2.24, 2.45) is 16.5 Å². The van der Waals surface area contributed by atoms with Crippen LogP contribution in [-0.4, -0.2) is 29.0 Å². The van der Waals surface area contributed by atoms with Crippen LogP contribution in [0, 0.1) is 5.41 Å². The quantitative estimate of drug-likeness (QED) is 0.274. The summed E-state index contributed by atoms with van der Waals surface area (Å²) in [5, 5.41) is 17.6. The number of guanidine groups is 2. The zero-order chi connectivity index (χ0) is 10.4. The molecule has 0 aliphatic rings. The van der Waals surface area contributed by atoms with Gasteiger partial charge in [-0.25, -0.2) is 9.79 Å². The Hall–Kier alpha value is -1.79. The molecule has 7 nitrogen and oxygen atoms in total. The number of aliphatic carboxylic acids is 1. The highest BCUT2D eigenvalue weighted by atomic mass is 16.4. The minimum absolute atomic E-state index is 0.165. The number of rotatable bonds is 3. The third-order valence-electron chi connectivity index (χ3n) is 1.23. The fourth-order valence-corrected chi connectivity index (χ4v) is 0.659. The van der Waals surface area contributed by atoms with Crippen molar-refractivity contribution in [3.05, 3.63) is 0 Å². The van der Waals surface area contributed by atoms with Crippen LogP contribution in [0.2, 0.25) is 0 Å². The molecule has 13 heavy (non-hydrogen) atoms. The van der Waals surface area contributed by atoms with Crippen LogP contribution < -0.4 is 16.8 Å². The van der Waals surface area contributed by atoms with Crippen LogP contribution in [0.15, 0.2) is 4.99 Å². The van der Waals surface area contributed by atoms with E-state index in [1.54, 1.807) is 6.92 Å². The van der Waals surface area contributed by atoms with Crippen molar-refractivity contribution in [2.75, 3.05) is 0 Å². The van der Waals surface area contributed by atoms with Crippen molar-refractivity contribution in [2.45, 2.75) is 19.4 Å². The van der Waals surface area contributed by atoms with Gasteiger partial charge in [-0.2, -0.15) is 0 Å². The van der Waals surface area contributed by atoms with Gasteiger partial charge in [-0.1, -0.05) is 6.92 Å². The van der Waals surface area contributed by atoms with Crippen LogP contribution in [0.1, 0.15) is 13.3 Å². The summed E-state index contributed by atoms with van der Waals surface area (Å²) >= 11 is 0. The second kappa shape index (κ2) is 4.96. The van der Waals surface area contributed by atoms with E-state index in [-0.39, 0.29) is 11.9 Å². The molecule has 0 aliphatic heterocycles. The maximum Gasteiger partial charge on any atom is 0.328 e. The van der Waals surface area contributed by atoms with E-state index in [4.69, 9.17) is 22.0 Å². The number of nitrogens with zero attached hydrogens (tertiary/aromatic N) is 1. The first-order valence-electron chi connectivity index (χ1n) is 3.64. The van der Waals surface area contributed by atoms with Gasteiger partial charge in [0.25, 0.3) is 0 Å². The molecule has 0 bridgehead atoms. The summed E-state index contributed by atoms with van der Waals surface area (Å²) in [6, 6.07) is -0.896. The summed E-state index contributed by atoms with van der Waals surface area (Å²) < 4.78 is 0. The Balaban J connectivity index is 4.32. The number of carboxylic acids is 1. The molecule has 0 heterocycles. The van der Waals surface area contributed by atoms with E-state index in [0.29, 0.717) is 6.42 Å². The molecule has 1 atom stereocenters. The van der Waals surface area contributed by atoms with Crippen molar-refractivity contribution in [1.82, 2.24) is 5.32 Å². The van der Waals surface area contributed by atoms with Gasteiger partial charge in [0.05, 0.1) is 0 Å². The number of carboxylic acid groups (broad SMARTS) is 1. The predicted octanol–water partition coefficient (Wildman–Crippen LogP) is -1.35. The fraction of sp³-hybridized carbons (Fsp3) is 0.500. The van der Waals surface area contributed by atoms with E-state index < -0.39 is 12.0 Å². The number of nitrogens with one attached hydrogen (secondary N) is 2. The normalized spacial score (nSPS) is 13.5. The molecular formula is C6H13N5O2.